The third-order valence-corrected chi connectivity index (χ3v) is 6.63. The predicted molar refractivity (Wildman–Crippen MR) is 130 cm³/mol. The van der Waals surface area contributed by atoms with Gasteiger partial charge in [-0.25, -0.2) is 0 Å². The molecule has 5 heteroatoms. The number of fused-ring (bicyclic) bond motifs is 1. The average Bonchev–Trinajstić information content (AvgIpc) is 3.67. The summed E-state index contributed by atoms with van der Waals surface area (Å²) in [7, 11) is 0. The number of carbonyl (C=O) groups excluding carboxylic acids is 2. The standard InChI is InChI=1S/C28H36N2O3/c1-4-25(27(31)29-16-14-19(2)3)33-23-13-12-20-15-17-30(28(32)22-10-11-22)26(24(20)18-23)21-8-6-5-7-9-21/h5-9,12-13,18-19,22,25-26H,4,10-11,14-17H2,1-3H3,(H,29,31)/t25-,26+/m0/s1. The fourth-order valence-corrected chi connectivity index (χ4v) is 4.55. The Bertz CT molecular complexity index is 968. The lowest BCUT2D eigenvalue weighted by atomic mass is 9.87. The maximum Gasteiger partial charge on any atom is 0.261 e. The molecule has 0 radical (unpaired) electrons. The zero-order valence-corrected chi connectivity index (χ0v) is 20.0. The lowest BCUT2D eigenvalue weighted by Gasteiger charge is -2.38. The summed E-state index contributed by atoms with van der Waals surface area (Å²) >= 11 is 0. The van der Waals surface area contributed by atoms with Gasteiger partial charge in [-0.15, -0.1) is 0 Å². The van der Waals surface area contributed by atoms with Crippen LogP contribution >= 0.6 is 0 Å². The van der Waals surface area contributed by atoms with E-state index >= 15 is 0 Å². The van der Waals surface area contributed by atoms with Gasteiger partial charge >= 0.3 is 0 Å². The first kappa shape index (κ1) is 23.3. The Balaban J connectivity index is 1.58. The van der Waals surface area contributed by atoms with Crippen LogP contribution in [0.15, 0.2) is 48.5 Å². The average molecular weight is 449 g/mol. The van der Waals surface area contributed by atoms with E-state index in [4.69, 9.17) is 4.74 Å². The summed E-state index contributed by atoms with van der Waals surface area (Å²) in [5, 5.41) is 3.01. The van der Waals surface area contributed by atoms with Crippen molar-refractivity contribution in [3.05, 3.63) is 65.2 Å². The smallest absolute Gasteiger partial charge is 0.261 e. The molecule has 0 spiro atoms. The summed E-state index contributed by atoms with van der Waals surface area (Å²) in [6.07, 6.45) is 3.85. The molecule has 1 aliphatic heterocycles. The second-order valence-corrected chi connectivity index (χ2v) is 9.72. The van der Waals surface area contributed by atoms with E-state index in [2.05, 4.69) is 42.3 Å². The van der Waals surface area contributed by atoms with Crippen LogP contribution in [0.5, 0.6) is 5.75 Å². The maximum atomic E-state index is 13.1. The third kappa shape index (κ3) is 5.58. The third-order valence-electron chi connectivity index (χ3n) is 6.63. The Morgan fingerprint density at radius 3 is 2.55 bits per heavy atom. The second-order valence-electron chi connectivity index (χ2n) is 9.72. The highest BCUT2D eigenvalue weighted by molar-refractivity contribution is 5.82. The van der Waals surface area contributed by atoms with Crippen molar-refractivity contribution >= 4 is 11.8 Å². The van der Waals surface area contributed by atoms with Crippen LogP contribution in [0.1, 0.15) is 69.2 Å². The van der Waals surface area contributed by atoms with Crippen LogP contribution in [0.2, 0.25) is 0 Å². The van der Waals surface area contributed by atoms with Gasteiger partial charge in [0, 0.05) is 19.0 Å². The largest absolute Gasteiger partial charge is 0.481 e. The molecule has 0 saturated heterocycles. The van der Waals surface area contributed by atoms with Gasteiger partial charge in [-0.2, -0.15) is 0 Å². The molecule has 2 aromatic carbocycles. The van der Waals surface area contributed by atoms with Crippen LogP contribution in [-0.4, -0.2) is 35.9 Å². The maximum absolute atomic E-state index is 13.1. The van der Waals surface area contributed by atoms with Crippen molar-refractivity contribution in [1.82, 2.24) is 10.2 Å². The number of ether oxygens (including phenoxy) is 1. The molecular weight excluding hydrogens is 412 g/mol. The molecule has 2 atom stereocenters. The Kier molecular flexibility index (Phi) is 7.36. The van der Waals surface area contributed by atoms with Crippen LogP contribution in [0, 0.1) is 11.8 Å². The molecule has 2 aliphatic rings. The number of rotatable bonds is 9. The Morgan fingerprint density at radius 1 is 1.12 bits per heavy atom. The van der Waals surface area contributed by atoms with Crippen LogP contribution in [0.4, 0.5) is 0 Å². The summed E-state index contributed by atoms with van der Waals surface area (Å²) < 4.78 is 6.17. The normalized spacial score (nSPS) is 18.5. The van der Waals surface area contributed by atoms with Crippen LogP contribution < -0.4 is 10.1 Å². The first-order valence-electron chi connectivity index (χ1n) is 12.4. The number of nitrogens with zero attached hydrogens (tertiary/aromatic N) is 1. The quantitative estimate of drug-likeness (QED) is 0.594. The number of hydrogen-bond donors (Lipinski definition) is 1. The zero-order valence-electron chi connectivity index (χ0n) is 20.0. The molecule has 1 fully saturated rings. The van der Waals surface area contributed by atoms with Crippen LogP contribution in [0.25, 0.3) is 0 Å². The molecule has 0 unspecified atom stereocenters. The summed E-state index contributed by atoms with van der Waals surface area (Å²) in [4.78, 5) is 27.9. The van der Waals surface area contributed by atoms with Crippen molar-refractivity contribution in [2.45, 2.75) is 65.0 Å². The lowest BCUT2D eigenvalue weighted by molar-refractivity contribution is -0.134. The Hall–Kier alpha value is -2.82. The number of carbonyl (C=O) groups is 2. The van der Waals surface area contributed by atoms with Gasteiger partial charge in [0.05, 0.1) is 6.04 Å². The molecule has 176 valence electrons. The minimum absolute atomic E-state index is 0.0685. The molecule has 1 N–H and O–H groups in total. The van der Waals surface area contributed by atoms with E-state index in [0.717, 1.165) is 43.4 Å². The predicted octanol–water partition coefficient (Wildman–Crippen LogP) is 4.89. The van der Waals surface area contributed by atoms with Gasteiger partial charge in [0.1, 0.15) is 5.75 Å². The van der Waals surface area contributed by atoms with Crippen molar-refractivity contribution < 1.29 is 14.3 Å². The molecule has 0 bridgehead atoms. The molecule has 0 aromatic heterocycles. The molecule has 2 aromatic rings. The molecule has 33 heavy (non-hydrogen) atoms. The molecule has 4 rings (SSSR count). The van der Waals surface area contributed by atoms with Crippen molar-refractivity contribution in [2.24, 2.45) is 11.8 Å². The van der Waals surface area contributed by atoms with Gasteiger partial charge < -0.3 is 15.0 Å². The first-order valence-corrected chi connectivity index (χ1v) is 12.4. The summed E-state index contributed by atoms with van der Waals surface area (Å²) in [5.41, 5.74) is 3.46. The highest BCUT2D eigenvalue weighted by atomic mass is 16.5. The van der Waals surface area contributed by atoms with E-state index in [1.54, 1.807) is 0 Å². The lowest BCUT2D eigenvalue weighted by Crippen LogP contribution is -2.41. The molecule has 5 nitrogen and oxygen atoms in total. The number of benzene rings is 2. The summed E-state index contributed by atoms with van der Waals surface area (Å²) in [6.45, 7) is 7.65. The molecule has 1 saturated carbocycles. The highest BCUT2D eigenvalue weighted by Gasteiger charge is 2.39. The fraction of sp³-hybridized carbons (Fsp3) is 0.500. The van der Waals surface area contributed by atoms with Crippen molar-refractivity contribution in [1.29, 1.82) is 0 Å². The van der Waals surface area contributed by atoms with Crippen LogP contribution in [0.3, 0.4) is 0 Å². The van der Waals surface area contributed by atoms with Gasteiger partial charge in [-0.05, 0) is 66.8 Å². The van der Waals surface area contributed by atoms with E-state index in [1.165, 1.54) is 5.56 Å². The highest BCUT2D eigenvalue weighted by Crippen LogP contribution is 2.41. The topological polar surface area (TPSA) is 58.6 Å². The van der Waals surface area contributed by atoms with Crippen molar-refractivity contribution in [2.75, 3.05) is 13.1 Å². The van der Waals surface area contributed by atoms with E-state index in [-0.39, 0.29) is 23.8 Å². The van der Waals surface area contributed by atoms with Gasteiger partial charge in [-0.1, -0.05) is 57.2 Å². The molecule has 1 aliphatic carbocycles. The SMILES string of the molecule is CC[C@H](Oc1ccc2c(c1)[C@@H](c1ccccc1)N(C(=O)C1CC1)CC2)C(=O)NCCC(C)C. The minimum atomic E-state index is -0.529. The Labute approximate surface area is 197 Å². The van der Waals surface area contributed by atoms with Gasteiger partial charge in [-0.3, -0.25) is 9.59 Å². The molecule has 1 heterocycles. The molecule has 2 amide bonds. The van der Waals surface area contributed by atoms with Gasteiger partial charge in [0.2, 0.25) is 5.91 Å². The monoisotopic (exact) mass is 448 g/mol. The number of amides is 2. The van der Waals surface area contributed by atoms with Gasteiger partial charge in [0.25, 0.3) is 5.91 Å². The second kappa shape index (κ2) is 10.4. The van der Waals surface area contributed by atoms with E-state index in [9.17, 15) is 9.59 Å². The summed E-state index contributed by atoms with van der Waals surface area (Å²) in [5.74, 6) is 1.60. The Morgan fingerprint density at radius 2 is 1.88 bits per heavy atom. The summed E-state index contributed by atoms with van der Waals surface area (Å²) in [6, 6.07) is 16.2. The van der Waals surface area contributed by atoms with E-state index < -0.39 is 6.10 Å². The van der Waals surface area contributed by atoms with Crippen molar-refractivity contribution in [3.63, 3.8) is 0 Å². The fourth-order valence-electron chi connectivity index (χ4n) is 4.55. The van der Waals surface area contributed by atoms with E-state index in [0.29, 0.717) is 24.6 Å². The first-order chi connectivity index (χ1) is 16.0. The number of nitrogens with one attached hydrogen (secondary N) is 1. The molecular formula is C28H36N2O3. The van der Waals surface area contributed by atoms with E-state index in [1.807, 2.05) is 37.3 Å². The minimum Gasteiger partial charge on any atom is -0.481 e. The van der Waals surface area contributed by atoms with Gasteiger partial charge in [0.15, 0.2) is 6.10 Å². The van der Waals surface area contributed by atoms with Crippen LogP contribution in [-0.2, 0) is 16.0 Å². The number of hydrogen-bond acceptors (Lipinski definition) is 3. The zero-order chi connectivity index (χ0) is 23.4. The van der Waals surface area contributed by atoms with Crippen molar-refractivity contribution in [3.8, 4) is 5.75 Å².